The number of aromatic amines is 1. The second-order valence-electron chi connectivity index (χ2n) is 8.14. The standard InChI is InChI=1S/C25H25N5O3/c1-30-15-4-5-18(30)12-16-32-24-25(27-14-13-26-24)33-19-10-8-17(9-11-19)22(31)23-28-20-6-2-3-7-21(20)29-23/h2-3,6-11,13-14,18H,4-5,12,15-16H2,1H3,(H,28,29). The molecule has 2 aromatic heterocycles. The van der Waals surface area contributed by atoms with E-state index in [2.05, 4.69) is 31.9 Å². The Hall–Kier alpha value is -3.78. The summed E-state index contributed by atoms with van der Waals surface area (Å²) in [7, 11) is 2.15. The topological polar surface area (TPSA) is 93.2 Å². The largest absolute Gasteiger partial charge is 0.474 e. The quantitative estimate of drug-likeness (QED) is 0.407. The van der Waals surface area contributed by atoms with Crippen molar-refractivity contribution in [2.75, 3.05) is 20.2 Å². The zero-order valence-corrected chi connectivity index (χ0v) is 18.4. The molecule has 1 aliphatic heterocycles. The second kappa shape index (κ2) is 9.38. The van der Waals surface area contributed by atoms with Gasteiger partial charge < -0.3 is 19.4 Å². The Morgan fingerprint density at radius 1 is 1.09 bits per heavy atom. The summed E-state index contributed by atoms with van der Waals surface area (Å²) in [6.45, 7) is 1.69. The first-order valence-corrected chi connectivity index (χ1v) is 11.1. The number of carbonyl (C=O) groups excluding carboxylic acids is 1. The number of carbonyl (C=O) groups is 1. The first-order valence-electron chi connectivity index (χ1n) is 11.1. The number of ketones is 1. The number of hydrogen-bond donors (Lipinski definition) is 1. The van der Waals surface area contributed by atoms with E-state index in [0.29, 0.717) is 41.5 Å². The number of likely N-dealkylation sites (tertiary alicyclic amines) is 1. The van der Waals surface area contributed by atoms with Crippen LogP contribution in [0.3, 0.4) is 0 Å². The number of imidazole rings is 1. The van der Waals surface area contributed by atoms with Gasteiger partial charge in [-0.25, -0.2) is 15.0 Å². The molecule has 33 heavy (non-hydrogen) atoms. The maximum atomic E-state index is 12.8. The molecule has 8 nitrogen and oxygen atoms in total. The molecule has 168 valence electrons. The van der Waals surface area contributed by atoms with Crippen molar-refractivity contribution in [1.82, 2.24) is 24.8 Å². The third kappa shape index (κ3) is 4.70. The molecule has 5 rings (SSSR count). The molecule has 3 heterocycles. The van der Waals surface area contributed by atoms with Gasteiger partial charge in [-0.1, -0.05) is 12.1 Å². The lowest BCUT2D eigenvalue weighted by Gasteiger charge is -2.19. The van der Waals surface area contributed by atoms with E-state index in [1.807, 2.05) is 24.3 Å². The fourth-order valence-electron chi connectivity index (χ4n) is 4.10. The van der Waals surface area contributed by atoms with Crippen molar-refractivity contribution in [2.45, 2.75) is 25.3 Å². The molecule has 1 unspecified atom stereocenters. The van der Waals surface area contributed by atoms with Gasteiger partial charge in [-0.3, -0.25) is 4.79 Å². The Labute approximate surface area is 191 Å². The predicted octanol–water partition coefficient (Wildman–Crippen LogP) is 4.24. The van der Waals surface area contributed by atoms with E-state index in [4.69, 9.17) is 9.47 Å². The van der Waals surface area contributed by atoms with Gasteiger partial charge in [0.1, 0.15) is 5.75 Å². The SMILES string of the molecule is CN1CCCC1CCOc1nccnc1Oc1ccc(C(=O)c2nc3ccccc3[nH]2)cc1. The summed E-state index contributed by atoms with van der Waals surface area (Å²) < 4.78 is 11.8. The van der Waals surface area contributed by atoms with Crippen molar-refractivity contribution < 1.29 is 14.3 Å². The molecular weight excluding hydrogens is 418 g/mol. The molecule has 1 saturated heterocycles. The van der Waals surface area contributed by atoms with E-state index in [9.17, 15) is 4.79 Å². The lowest BCUT2D eigenvalue weighted by atomic mass is 10.1. The van der Waals surface area contributed by atoms with Crippen LogP contribution < -0.4 is 9.47 Å². The first-order chi connectivity index (χ1) is 16.2. The number of rotatable bonds is 8. The number of benzene rings is 2. The molecule has 8 heteroatoms. The highest BCUT2D eigenvalue weighted by atomic mass is 16.5. The third-order valence-electron chi connectivity index (χ3n) is 5.93. The Morgan fingerprint density at radius 2 is 1.88 bits per heavy atom. The van der Waals surface area contributed by atoms with Gasteiger partial charge in [0.15, 0.2) is 5.82 Å². The molecule has 0 spiro atoms. The van der Waals surface area contributed by atoms with Gasteiger partial charge >= 0.3 is 0 Å². The van der Waals surface area contributed by atoms with Crippen LogP contribution in [0.1, 0.15) is 35.4 Å². The van der Waals surface area contributed by atoms with Crippen molar-refractivity contribution in [3.63, 3.8) is 0 Å². The van der Waals surface area contributed by atoms with Crippen molar-refractivity contribution in [2.24, 2.45) is 0 Å². The third-order valence-corrected chi connectivity index (χ3v) is 5.93. The van der Waals surface area contributed by atoms with Crippen molar-refractivity contribution in [3.8, 4) is 17.5 Å². The minimum absolute atomic E-state index is 0.182. The van der Waals surface area contributed by atoms with Crippen LogP contribution in [-0.4, -0.2) is 56.9 Å². The smallest absolute Gasteiger partial charge is 0.283 e. The average Bonchev–Trinajstić information content (AvgIpc) is 3.46. The summed E-state index contributed by atoms with van der Waals surface area (Å²) >= 11 is 0. The lowest BCUT2D eigenvalue weighted by molar-refractivity contribution is 0.103. The van der Waals surface area contributed by atoms with E-state index in [1.54, 1.807) is 36.7 Å². The molecule has 2 aromatic carbocycles. The zero-order valence-electron chi connectivity index (χ0n) is 18.4. The van der Waals surface area contributed by atoms with Crippen LogP contribution in [0, 0.1) is 0 Å². The Morgan fingerprint density at radius 3 is 2.64 bits per heavy atom. The highest BCUT2D eigenvalue weighted by Crippen LogP contribution is 2.28. The molecule has 0 bridgehead atoms. The maximum absolute atomic E-state index is 12.8. The summed E-state index contributed by atoms with van der Waals surface area (Å²) in [5.74, 6) is 1.33. The number of ether oxygens (including phenoxy) is 2. The van der Waals surface area contributed by atoms with Crippen molar-refractivity contribution in [3.05, 3.63) is 72.3 Å². The highest BCUT2D eigenvalue weighted by Gasteiger charge is 2.21. The Balaban J connectivity index is 1.24. The van der Waals surface area contributed by atoms with Crippen LogP contribution in [0.2, 0.25) is 0 Å². The Kier molecular flexibility index (Phi) is 5.99. The van der Waals surface area contributed by atoms with Crippen LogP contribution in [0.4, 0.5) is 0 Å². The fraction of sp³-hybridized carbons (Fsp3) is 0.280. The molecule has 1 aliphatic rings. The van der Waals surface area contributed by atoms with Gasteiger partial charge in [-0.05, 0) is 69.3 Å². The number of fused-ring (bicyclic) bond motifs is 1. The molecular formula is C25H25N5O3. The summed E-state index contributed by atoms with van der Waals surface area (Å²) in [5, 5.41) is 0. The molecule has 1 atom stereocenters. The minimum Gasteiger partial charge on any atom is -0.474 e. The van der Waals surface area contributed by atoms with E-state index in [-0.39, 0.29) is 5.78 Å². The van der Waals surface area contributed by atoms with Crippen LogP contribution >= 0.6 is 0 Å². The van der Waals surface area contributed by atoms with Gasteiger partial charge in [0.25, 0.3) is 11.8 Å². The molecule has 0 aliphatic carbocycles. The average molecular weight is 444 g/mol. The van der Waals surface area contributed by atoms with E-state index < -0.39 is 0 Å². The molecule has 0 amide bonds. The van der Waals surface area contributed by atoms with Gasteiger partial charge in [-0.2, -0.15) is 0 Å². The highest BCUT2D eigenvalue weighted by molar-refractivity contribution is 6.08. The zero-order chi connectivity index (χ0) is 22.6. The van der Waals surface area contributed by atoms with Crippen molar-refractivity contribution in [1.29, 1.82) is 0 Å². The number of H-pyrrole nitrogens is 1. The predicted molar refractivity (Wildman–Crippen MR) is 124 cm³/mol. The van der Waals surface area contributed by atoms with E-state index >= 15 is 0 Å². The van der Waals surface area contributed by atoms with Gasteiger partial charge in [0, 0.05) is 24.0 Å². The van der Waals surface area contributed by atoms with Gasteiger partial charge in [0.2, 0.25) is 5.78 Å². The number of nitrogens with one attached hydrogen (secondary N) is 1. The fourth-order valence-corrected chi connectivity index (χ4v) is 4.10. The number of para-hydroxylation sites is 2. The minimum atomic E-state index is -0.182. The van der Waals surface area contributed by atoms with Crippen LogP contribution in [-0.2, 0) is 0 Å². The molecule has 0 radical (unpaired) electrons. The first kappa shape index (κ1) is 21.1. The summed E-state index contributed by atoms with van der Waals surface area (Å²) in [4.78, 5) is 31.2. The summed E-state index contributed by atoms with van der Waals surface area (Å²) in [6, 6.07) is 15.0. The van der Waals surface area contributed by atoms with Crippen LogP contribution in [0.25, 0.3) is 11.0 Å². The lowest BCUT2D eigenvalue weighted by Crippen LogP contribution is -2.26. The maximum Gasteiger partial charge on any atom is 0.283 e. The summed E-state index contributed by atoms with van der Waals surface area (Å²) in [5.41, 5.74) is 2.10. The van der Waals surface area contributed by atoms with Crippen LogP contribution in [0.15, 0.2) is 60.9 Å². The molecule has 1 fully saturated rings. The van der Waals surface area contributed by atoms with E-state index in [1.165, 1.54) is 12.8 Å². The monoisotopic (exact) mass is 443 g/mol. The van der Waals surface area contributed by atoms with Gasteiger partial charge in [0.05, 0.1) is 17.6 Å². The van der Waals surface area contributed by atoms with Gasteiger partial charge in [-0.15, -0.1) is 0 Å². The number of hydrogen-bond acceptors (Lipinski definition) is 7. The second-order valence-corrected chi connectivity index (χ2v) is 8.14. The van der Waals surface area contributed by atoms with Crippen molar-refractivity contribution >= 4 is 16.8 Å². The Bertz CT molecular complexity index is 1220. The molecule has 0 saturated carbocycles. The molecule has 1 N–H and O–H groups in total. The number of nitrogens with zero attached hydrogens (tertiary/aromatic N) is 4. The number of aromatic nitrogens is 4. The molecule has 4 aromatic rings. The summed E-state index contributed by atoms with van der Waals surface area (Å²) in [6.07, 6.45) is 6.51. The van der Waals surface area contributed by atoms with E-state index in [0.717, 1.165) is 24.0 Å². The normalized spacial score (nSPS) is 16.2. The van der Waals surface area contributed by atoms with Crippen LogP contribution in [0.5, 0.6) is 17.5 Å².